The third-order valence-corrected chi connectivity index (χ3v) is 2.65. The molecule has 0 radical (unpaired) electrons. The van der Waals surface area contributed by atoms with Gasteiger partial charge >= 0.3 is 0 Å². The molecule has 0 fully saturated rings. The number of hydrogen-bond acceptors (Lipinski definition) is 1. The number of aryl methyl sites for hydroxylation is 2. The van der Waals surface area contributed by atoms with E-state index in [-0.39, 0.29) is 0 Å². The van der Waals surface area contributed by atoms with Gasteiger partial charge < -0.3 is 5.73 Å². The molecule has 1 aromatic rings. The van der Waals surface area contributed by atoms with Crippen molar-refractivity contribution in [2.45, 2.75) is 59.9 Å². The van der Waals surface area contributed by atoms with E-state index >= 15 is 0 Å². The number of hydrogen-bond donors (Lipinski definition) is 1. The summed E-state index contributed by atoms with van der Waals surface area (Å²) in [6, 6.07) is 6.68. The van der Waals surface area contributed by atoms with Crippen LogP contribution in [0.25, 0.3) is 0 Å². The Hall–Kier alpha value is -0.820. The van der Waals surface area contributed by atoms with Crippen molar-refractivity contribution in [3.63, 3.8) is 0 Å². The average Bonchev–Trinajstić information content (AvgIpc) is 2.42. The molecule has 16 heavy (non-hydrogen) atoms. The average molecular weight is 221 g/mol. The lowest BCUT2D eigenvalue weighted by atomic mass is 9.90. The highest BCUT2D eigenvalue weighted by Crippen LogP contribution is 2.21. The first kappa shape index (κ1) is 15.2. The normalized spacial score (nSPS) is 12.6. The van der Waals surface area contributed by atoms with Crippen molar-refractivity contribution in [3.05, 3.63) is 34.9 Å². The Bertz CT molecular complexity index is 279. The van der Waals surface area contributed by atoms with Crippen LogP contribution in [0.1, 0.15) is 57.2 Å². The maximum absolute atomic E-state index is 5.58. The molecule has 0 atom stereocenters. The van der Waals surface area contributed by atoms with Crippen molar-refractivity contribution in [3.8, 4) is 0 Å². The molecule has 1 nitrogen and oxygen atoms in total. The lowest BCUT2D eigenvalue weighted by Crippen LogP contribution is -2.04. The fourth-order valence-electron chi connectivity index (χ4n) is 1.91. The molecular weight excluding hydrogens is 194 g/mol. The third kappa shape index (κ3) is 4.36. The second-order valence-corrected chi connectivity index (χ2v) is 3.51. The van der Waals surface area contributed by atoms with Crippen LogP contribution in [0.2, 0.25) is 0 Å². The Morgan fingerprint density at radius 3 is 2.06 bits per heavy atom. The zero-order chi connectivity index (χ0) is 12.4. The SMILES string of the molecule is CC.CC.NCc1ccc2c(c1)CCCC2. The van der Waals surface area contributed by atoms with E-state index in [4.69, 9.17) is 5.73 Å². The van der Waals surface area contributed by atoms with Crippen molar-refractivity contribution in [2.24, 2.45) is 5.73 Å². The molecular formula is C15H27N. The summed E-state index contributed by atoms with van der Waals surface area (Å²) < 4.78 is 0. The molecule has 2 rings (SSSR count). The van der Waals surface area contributed by atoms with Crippen molar-refractivity contribution in [2.75, 3.05) is 0 Å². The van der Waals surface area contributed by atoms with Crippen LogP contribution in [0.3, 0.4) is 0 Å². The molecule has 0 saturated carbocycles. The van der Waals surface area contributed by atoms with Gasteiger partial charge in [0.25, 0.3) is 0 Å². The van der Waals surface area contributed by atoms with Crippen molar-refractivity contribution >= 4 is 0 Å². The van der Waals surface area contributed by atoms with Crippen molar-refractivity contribution in [1.82, 2.24) is 0 Å². The minimum atomic E-state index is 0.674. The Balaban J connectivity index is 0.000000509. The predicted molar refractivity (Wildman–Crippen MR) is 73.7 cm³/mol. The first-order chi connectivity index (χ1) is 7.90. The van der Waals surface area contributed by atoms with Gasteiger partial charge in [-0.25, -0.2) is 0 Å². The van der Waals surface area contributed by atoms with Crippen LogP contribution in [0.15, 0.2) is 18.2 Å². The van der Waals surface area contributed by atoms with E-state index in [2.05, 4.69) is 18.2 Å². The maximum Gasteiger partial charge on any atom is 0.0178 e. The quantitative estimate of drug-likeness (QED) is 0.760. The fourth-order valence-corrected chi connectivity index (χ4v) is 1.91. The van der Waals surface area contributed by atoms with E-state index in [1.165, 1.54) is 36.8 Å². The van der Waals surface area contributed by atoms with Crippen LogP contribution in [0.4, 0.5) is 0 Å². The smallest absolute Gasteiger partial charge is 0.0178 e. The lowest BCUT2D eigenvalue weighted by molar-refractivity contribution is 0.684. The zero-order valence-electron chi connectivity index (χ0n) is 11.3. The number of rotatable bonds is 1. The minimum absolute atomic E-state index is 0.674. The van der Waals surface area contributed by atoms with Gasteiger partial charge in [0.15, 0.2) is 0 Å². The van der Waals surface area contributed by atoms with Crippen LogP contribution in [0.5, 0.6) is 0 Å². The molecule has 0 spiro atoms. The van der Waals surface area contributed by atoms with Crippen molar-refractivity contribution < 1.29 is 0 Å². The monoisotopic (exact) mass is 221 g/mol. The topological polar surface area (TPSA) is 26.0 Å². The zero-order valence-corrected chi connectivity index (χ0v) is 11.3. The highest BCUT2D eigenvalue weighted by atomic mass is 14.5. The highest BCUT2D eigenvalue weighted by Gasteiger charge is 2.08. The standard InChI is InChI=1S/C11H15N.2C2H6/c12-8-9-5-6-10-3-1-2-4-11(10)7-9;2*1-2/h5-7H,1-4,8,12H2;2*1-2H3. The fraction of sp³-hybridized carbons (Fsp3) is 0.600. The molecule has 1 aliphatic carbocycles. The third-order valence-electron chi connectivity index (χ3n) is 2.65. The first-order valence-electron chi connectivity index (χ1n) is 6.71. The molecule has 1 aliphatic rings. The lowest BCUT2D eigenvalue weighted by Gasteiger charge is -2.15. The molecule has 92 valence electrons. The summed E-state index contributed by atoms with van der Waals surface area (Å²) in [5.74, 6) is 0. The molecule has 0 aromatic heterocycles. The van der Waals surface area contributed by atoms with E-state index in [0.29, 0.717) is 6.54 Å². The van der Waals surface area contributed by atoms with Crippen LogP contribution < -0.4 is 5.73 Å². The van der Waals surface area contributed by atoms with Gasteiger partial charge in [0, 0.05) is 6.54 Å². The molecule has 1 heteroatoms. The highest BCUT2D eigenvalue weighted by molar-refractivity contribution is 5.33. The second-order valence-electron chi connectivity index (χ2n) is 3.51. The summed E-state index contributed by atoms with van der Waals surface area (Å²) in [5.41, 5.74) is 9.93. The van der Waals surface area contributed by atoms with E-state index in [0.717, 1.165) is 0 Å². The second kappa shape index (κ2) is 9.41. The van der Waals surface area contributed by atoms with E-state index in [1.54, 1.807) is 5.56 Å². The predicted octanol–water partition coefficient (Wildman–Crippen LogP) is 4.08. The van der Waals surface area contributed by atoms with Gasteiger partial charge in [-0.05, 0) is 42.4 Å². The van der Waals surface area contributed by atoms with Gasteiger partial charge in [0.1, 0.15) is 0 Å². The van der Waals surface area contributed by atoms with Gasteiger partial charge in [0.2, 0.25) is 0 Å². The van der Waals surface area contributed by atoms with Gasteiger partial charge in [0.05, 0.1) is 0 Å². The number of nitrogens with two attached hydrogens (primary N) is 1. The largest absolute Gasteiger partial charge is 0.326 e. The molecule has 0 saturated heterocycles. The van der Waals surface area contributed by atoms with Crippen LogP contribution >= 0.6 is 0 Å². The molecule has 2 N–H and O–H groups in total. The molecule has 0 bridgehead atoms. The minimum Gasteiger partial charge on any atom is -0.326 e. The van der Waals surface area contributed by atoms with E-state index in [1.807, 2.05) is 27.7 Å². The van der Waals surface area contributed by atoms with Gasteiger partial charge in [-0.15, -0.1) is 0 Å². The summed E-state index contributed by atoms with van der Waals surface area (Å²) >= 11 is 0. The molecule has 0 amide bonds. The summed E-state index contributed by atoms with van der Waals surface area (Å²) in [6.45, 7) is 8.67. The van der Waals surface area contributed by atoms with Gasteiger partial charge in [-0.1, -0.05) is 45.9 Å². The van der Waals surface area contributed by atoms with Crippen LogP contribution in [-0.2, 0) is 19.4 Å². The van der Waals surface area contributed by atoms with Crippen LogP contribution in [-0.4, -0.2) is 0 Å². The van der Waals surface area contributed by atoms with Gasteiger partial charge in [-0.2, -0.15) is 0 Å². The molecule has 0 aliphatic heterocycles. The molecule has 0 unspecified atom stereocenters. The Morgan fingerprint density at radius 2 is 1.50 bits per heavy atom. The number of benzene rings is 1. The summed E-state index contributed by atoms with van der Waals surface area (Å²) in [7, 11) is 0. The van der Waals surface area contributed by atoms with Crippen LogP contribution in [0, 0.1) is 0 Å². The number of fused-ring (bicyclic) bond motifs is 1. The maximum atomic E-state index is 5.58. The van der Waals surface area contributed by atoms with Crippen molar-refractivity contribution in [1.29, 1.82) is 0 Å². The summed E-state index contributed by atoms with van der Waals surface area (Å²) in [4.78, 5) is 0. The van der Waals surface area contributed by atoms with E-state index < -0.39 is 0 Å². The Morgan fingerprint density at radius 1 is 0.938 bits per heavy atom. The molecule has 0 heterocycles. The summed E-state index contributed by atoms with van der Waals surface area (Å²) in [6.07, 6.45) is 5.22. The summed E-state index contributed by atoms with van der Waals surface area (Å²) in [5, 5.41) is 0. The van der Waals surface area contributed by atoms with E-state index in [9.17, 15) is 0 Å². The Labute approximate surface area is 101 Å². The Kier molecular flexibility index (Phi) is 8.93. The molecule has 1 aromatic carbocycles. The van der Waals surface area contributed by atoms with Gasteiger partial charge in [-0.3, -0.25) is 0 Å². The first-order valence-corrected chi connectivity index (χ1v) is 6.71.